The second-order valence-electron chi connectivity index (χ2n) is 13.6. The quantitative estimate of drug-likeness (QED) is 0.182. The van der Waals surface area contributed by atoms with Gasteiger partial charge < -0.3 is 4.90 Å². The molecule has 0 saturated heterocycles. The standard InChI is InChI=1S/C46H39N/c1-31(2)38-21-10-11-22-39(38)42-28-34-17-8-9-18-35(34)29-45(42)47(36-20-14-19-33(27-36)32-15-6-5-7-16-32)37-25-26-41-40-23-12-13-24-43(40)46(3,4)44(41)30-37/h5-31H,1-4H3. The minimum absolute atomic E-state index is 0.101. The number of fused-ring (bicyclic) bond motifs is 4. The monoisotopic (exact) mass is 605 g/mol. The van der Waals surface area contributed by atoms with E-state index in [0.717, 1.165) is 11.4 Å². The Morgan fingerprint density at radius 3 is 1.85 bits per heavy atom. The second-order valence-corrected chi connectivity index (χ2v) is 13.6. The van der Waals surface area contributed by atoms with Gasteiger partial charge in [-0.1, -0.05) is 149 Å². The van der Waals surface area contributed by atoms with Gasteiger partial charge in [-0.15, -0.1) is 0 Å². The van der Waals surface area contributed by atoms with Crippen molar-refractivity contribution in [3.63, 3.8) is 0 Å². The highest BCUT2D eigenvalue weighted by Gasteiger charge is 2.36. The summed E-state index contributed by atoms with van der Waals surface area (Å²) in [6, 6.07) is 58.2. The van der Waals surface area contributed by atoms with E-state index in [9.17, 15) is 0 Å². The molecular formula is C46H39N. The van der Waals surface area contributed by atoms with Crippen molar-refractivity contribution in [3.05, 3.63) is 174 Å². The van der Waals surface area contributed by atoms with E-state index in [1.165, 1.54) is 66.5 Å². The summed E-state index contributed by atoms with van der Waals surface area (Å²) in [5.41, 5.74) is 15.1. The van der Waals surface area contributed by atoms with Gasteiger partial charge in [0.2, 0.25) is 0 Å². The van der Waals surface area contributed by atoms with Crippen molar-refractivity contribution >= 4 is 27.8 Å². The minimum atomic E-state index is -0.101. The molecule has 0 bridgehead atoms. The Hall–Kier alpha value is -5.40. The number of hydrogen-bond donors (Lipinski definition) is 0. The van der Waals surface area contributed by atoms with Crippen LogP contribution in [-0.4, -0.2) is 0 Å². The summed E-state index contributed by atoms with van der Waals surface area (Å²) in [6.45, 7) is 9.31. The third kappa shape index (κ3) is 4.95. The molecule has 8 rings (SSSR count). The van der Waals surface area contributed by atoms with Gasteiger partial charge in [-0.05, 0) is 97.6 Å². The molecule has 7 aromatic rings. The number of anilines is 3. The van der Waals surface area contributed by atoms with Crippen LogP contribution in [0.2, 0.25) is 0 Å². The Kier molecular flexibility index (Phi) is 7.07. The summed E-state index contributed by atoms with van der Waals surface area (Å²) in [6.07, 6.45) is 0. The van der Waals surface area contributed by atoms with Gasteiger partial charge in [0.05, 0.1) is 5.69 Å². The Morgan fingerprint density at radius 1 is 0.447 bits per heavy atom. The summed E-state index contributed by atoms with van der Waals surface area (Å²) in [5.74, 6) is 0.389. The number of benzene rings is 7. The number of hydrogen-bond acceptors (Lipinski definition) is 1. The first kappa shape index (κ1) is 29.0. The van der Waals surface area contributed by atoms with E-state index in [1.54, 1.807) is 0 Å². The molecule has 1 aliphatic carbocycles. The third-order valence-corrected chi connectivity index (χ3v) is 10.0. The first-order chi connectivity index (χ1) is 22.9. The van der Waals surface area contributed by atoms with Crippen LogP contribution in [0.1, 0.15) is 50.3 Å². The van der Waals surface area contributed by atoms with Crippen LogP contribution < -0.4 is 4.90 Å². The molecule has 1 nitrogen and oxygen atoms in total. The van der Waals surface area contributed by atoms with Crippen LogP contribution in [0.4, 0.5) is 17.1 Å². The zero-order valence-corrected chi connectivity index (χ0v) is 27.5. The highest BCUT2D eigenvalue weighted by Crippen LogP contribution is 2.52. The van der Waals surface area contributed by atoms with Crippen molar-refractivity contribution in [2.45, 2.75) is 39.0 Å². The smallest absolute Gasteiger partial charge is 0.0546 e. The normalized spacial score (nSPS) is 13.0. The average Bonchev–Trinajstić information content (AvgIpc) is 3.34. The molecule has 0 aromatic heterocycles. The molecule has 0 heterocycles. The molecule has 0 saturated carbocycles. The number of nitrogens with zero attached hydrogens (tertiary/aromatic N) is 1. The Bertz CT molecular complexity index is 2260. The maximum atomic E-state index is 2.49. The molecule has 0 atom stereocenters. The van der Waals surface area contributed by atoms with Gasteiger partial charge in [0.15, 0.2) is 0 Å². The van der Waals surface area contributed by atoms with E-state index in [-0.39, 0.29) is 5.41 Å². The largest absolute Gasteiger partial charge is 0.310 e. The van der Waals surface area contributed by atoms with Gasteiger partial charge in [-0.2, -0.15) is 0 Å². The van der Waals surface area contributed by atoms with Gasteiger partial charge in [0, 0.05) is 22.4 Å². The minimum Gasteiger partial charge on any atom is -0.310 e. The Labute approximate surface area is 278 Å². The van der Waals surface area contributed by atoms with Gasteiger partial charge in [0.1, 0.15) is 0 Å². The van der Waals surface area contributed by atoms with Crippen LogP contribution in [0, 0.1) is 0 Å². The lowest BCUT2D eigenvalue weighted by Gasteiger charge is -2.31. The van der Waals surface area contributed by atoms with Crippen LogP contribution in [0.15, 0.2) is 158 Å². The van der Waals surface area contributed by atoms with E-state index < -0.39 is 0 Å². The first-order valence-electron chi connectivity index (χ1n) is 16.7. The summed E-state index contributed by atoms with van der Waals surface area (Å²) < 4.78 is 0. The fourth-order valence-electron chi connectivity index (χ4n) is 7.59. The van der Waals surface area contributed by atoms with Crippen molar-refractivity contribution < 1.29 is 0 Å². The Balaban J connectivity index is 1.42. The molecule has 1 heteroatoms. The van der Waals surface area contributed by atoms with Gasteiger partial charge in [0.25, 0.3) is 0 Å². The molecule has 0 aliphatic heterocycles. The lowest BCUT2D eigenvalue weighted by atomic mass is 9.82. The van der Waals surface area contributed by atoms with Gasteiger partial charge in [-0.3, -0.25) is 0 Å². The molecule has 0 fully saturated rings. The predicted molar refractivity (Wildman–Crippen MR) is 201 cm³/mol. The summed E-state index contributed by atoms with van der Waals surface area (Å²) in [5, 5.41) is 2.47. The van der Waals surface area contributed by atoms with Gasteiger partial charge >= 0.3 is 0 Å². The average molecular weight is 606 g/mol. The SMILES string of the molecule is CC(C)c1ccccc1-c1cc2ccccc2cc1N(c1cccc(-c2ccccc2)c1)c1ccc2c(c1)C(C)(C)c1ccccc1-2. The summed E-state index contributed by atoms with van der Waals surface area (Å²) in [4.78, 5) is 2.49. The van der Waals surface area contributed by atoms with Crippen molar-refractivity contribution in [3.8, 4) is 33.4 Å². The van der Waals surface area contributed by atoms with E-state index in [2.05, 4.69) is 190 Å². The molecule has 0 spiro atoms. The first-order valence-corrected chi connectivity index (χ1v) is 16.7. The zero-order chi connectivity index (χ0) is 32.1. The molecule has 1 aliphatic rings. The summed E-state index contributed by atoms with van der Waals surface area (Å²) in [7, 11) is 0. The molecule has 0 amide bonds. The van der Waals surface area contributed by atoms with Gasteiger partial charge in [-0.25, -0.2) is 0 Å². The zero-order valence-electron chi connectivity index (χ0n) is 27.5. The van der Waals surface area contributed by atoms with Crippen LogP contribution >= 0.6 is 0 Å². The van der Waals surface area contributed by atoms with Crippen molar-refractivity contribution in [1.82, 2.24) is 0 Å². The van der Waals surface area contributed by atoms with Crippen LogP contribution in [0.3, 0.4) is 0 Å². The highest BCUT2D eigenvalue weighted by molar-refractivity contribution is 5.99. The van der Waals surface area contributed by atoms with E-state index in [4.69, 9.17) is 0 Å². The molecule has 228 valence electrons. The number of rotatable bonds is 6. The lowest BCUT2D eigenvalue weighted by Crippen LogP contribution is -2.17. The van der Waals surface area contributed by atoms with E-state index >= 15 is 0 Å². The van der Waals surface area contributed by atoms with Crippen LogP contribution in [0.5, 0.6) is 0 Å². The van der Waals surface area contributed by atoms with Crippen molar-refractivity contribution in [1.29, 1.82) is 0 Å². The molecule has 0 N–H and O–H groups in total. The van der Waals surface area contributed by atoms with Crippen LogP contribution in [0.25, 0.3) is 44.2 Å². The van der Waals surface area contributed by atoms with Crippen molar-refractivity contribution in [2.24, 2.45) is 0 Å². The van der Waals surface area contributed by atoms with E-state index in [0.29, 0.717) is 5.92 Å². The molecule has 7 aromatic carbocycles. The molecule has 0 radical (unpaired) electrons. The molecular weight excluding hydrogens is 567 g/mol. The predicted octanol–water partition coefficient (Wildman–Crippen LogP) is 13.1. The summed E-state index contributed by atoms with van der Waals surface area (Å²) >= 11 is 0. The fourth-order valence-corrected chi connectivity index (χ4v) is 7.59. The Morgan fingerprint density at radius 2 is 1.06 bits per heavy atom. The third-order valence-electron chi connectivity index (χ3n) is 10.0. The second kappa shape index (κ2) is 11.4. The fraction of sp³-hybridized carbons (Fsp3) is 0.130. The van der Waals surface area contributed by atoms with E-state index in [1.807, 2.05) is 0 Å². The highest BCUT2D eigenvalue weighted by atomic mass is 15.1. The van der Waals surface area contributed by atoms with Crippen molar-refractivity contribution in [2.75, 3.05) is 4.90 Å². The lowest BCUT2D eigenvalue weighted by molar-refractivity contribution is 0.660. The molecule has 0 unspecified atom stereocenters. The maximum Gasteiger partial charge on any atom is 0.0546 e. The topological polar surface area (TPSA) is 3.24 Å². The molecule has 47 heavy (non-hydrogen) atoms. The maximum absolute atomic E-state index is 2.49. The van der Waals surface area contributed by atoms with Crippen LogP contribution in [-0.2, 0) is 5.41 Å².